The summed E-state index contributed by atoms with van der Waals surface area (Å²) in [6, 6.07) is 11.3. The molecule has 0 unspecified atom stereocenters. The zero-order valence-corrected chi connectivity index (χ0v) is 26.6. The van der Waals surface area contributed by atoms with Gasteiger partial charge in [-0.25, -0.2) is 4.68 Å². The van der Waals surface area contributed by atoms with Gasteiger partial charge in [0.25, 0.3) is 5.91 Å². The number of rotatable bonds is 14. The first-order valence-electron chi connectivity index (χ1n) is 14.9. The molecule has 0 aliphatic heterocycles. The molecule has 0 saturated carbocycles. The molecule has 0 saturated heterocycles. The van der Waals surface area contributed by atoms with Gasteiger partial charge in [0.1, 0.15) is 22.9 Å². The smallest absolute Gasteiger partial charge is 0.278 e. The third kappa shape index (κ3) is 9.80. The van der Waals surface area contributed by atoms with Gasteiger partial charge in [0, 0.05) is 17.8 Å². The van der Waals surface area contributed by atoms with Crippen LogP contribution in [0.25, 0.3) is 5.69 Å². The molecule has 8 heteroatoms. The quantitative estimate of drug-likeness (QED) is 0.198. The lowest BCUT2D eigenvalue weighted by Gasteiger charge is -2.21. The number of carbonyl (C=O) groups excluding carboxylic acids is 1. The van der Waals surface area contributed by atoms with Crippen LogP contribution in [0.5, 0.6) is 17.2 Å². The number of nitrogens with zero attached hydrogens (tertiary/aromatic N) is 3. The second kappa shape index (κ2) is 16.7. The molecule has 3 aromatic rings. The Balaban J connectivity index is 0.00000287. The van der Waals surface area contributed by atoms with E-state index in [4.69, 9.17) is 14.2 Å². The minimum atomic E-state index is -0.343. The molecular formula is C33H50N4O4. The van der Waals surface area contributed by atoms with Gasteiger partial charge in [0.15, 0.2) is 5.69 Å². The maximum Gasteiger partial charge on any atom is 0.278 e. The molecule has 1 heterocycles. The van der Waals surface area contributed by atoms with Crippen molar-refractivity contribution in [2.24, 2.45) is 0 Å². The lowest BCUT2D eigenvalue weighted by molar-refractivity contribution is 0.102. The van der Waals surface area contributed by atoms with Crippen LogP contribution < -0.4 is 19.5 Å². The lowest BCUT2D eigenvalue weighted by atomic mass is 9.86. The van der Waals surface area contributed by atoms with Gasteiger partial charge in [-0.1, -0.05) is 85.3 Å². The number of carbonyl (C=O) groups is 1. The number of amides is 1. The predicted molar refractivity (Wildman–Crippen MR) is 167 cm³/mol. The molecule has 8 nitrogen and oxygen atoms in total. The molecule has 3 rings (SSSR count). The van der Waals surface area contributed by atoms with Gasteiger partial charge < -0.3 is 19.5 Å². The number of hydrogen-bond donors (Lipinski definition) is 1. The summed E-state index contributed by atoms with van der Waals surface area (Å²) in [6.07, 6.45) is 8.61. The van der Waals surface area contributed by atoms with E-state index in [1.807, 2.05) is 26.0 Å². The molecule has 0 fully saturated rings. The summed E-state index contributed by atoms with van der Waals surface area (Å²) in [6.45, 7) is 15.1. The van der Waals surface area contributed by atoms with Crippen LogP contribution >= 0.6 is 0 Å². The average molecular weight is 567 g/mol. The van der Waals surface area contributed by atoms with Gasteiger partial charge in [-0.3, -0.25) is 4.79 Å². The first kappa shape index (κ1) is 33.7. The third-order valence-electron chi connectivity index (χ3n) is 6.77. The van der Waals surface area contributed by atoms with Crippen LogP contribution in [0.2, 0.25) is 0 Å². The minimum absolute atomic E-state index is 0.111. The molecule has 1 amide bonds. The van der Waals surface area contributed by atoms with Crippen molar-refractivity contribution in [3.8, 4) is 22.9 Å². The summed E-state index contributed by atoms with van der Waals surface area (Å²) in [5.41, 5.74) is 3.08. The minimum Gasteiger partial charge on any atom is -0.497 e. The standard InChI is InChI=1S/C31H44N4O4.C2H6/c1-8-9-10-11-12-13-14-17-39-26-19-23(31(3,4)5)18-24(20-26)32-30(36)29-22(2)35(34-33-29)27-21-25(37-6)15-16-28(27)38-7;1-2/h15-16,18-21H,8-14,17H2,1-7H3,(H,32,36);1-2H3. The third-order valence-corrected chi connectivity index (χ3v) is 6.77. The Morgan fingerprint density at radius 3 is 2.22 bits per heavy atom. The molecule has 0 radical (unpaired) electrons. The Morgan fingerprint density at radius 2 is 1.59 bits per heavy atom. The van der Waals surface area contributed by atoms with Crippen molar-refractivity contribution in [2.45, 2.75) is 98.8 Å². The van der Waals surface area contributed by atoms with Crippen molar-refractivity contribution < 1.29 is 19.0 Å². The molecule has 0 bridgehead atoms. The average Bonchev–Trinajstić information content (AvgIpc) is 3.35. The second-order valence-corrected chi connectivity index (χ2v) is 10.9. The number of nitrogens with one attached hydrogen (secondary N) is 1. The van der Waals surface area contributed by atoms with E-state index in [0.717, 1.165) is 17.7 Å². The molecule has 0 aliphatic rings. The molecule has 0 atom stereocenters. The first-order chi connectivity index (χ1) is 19.7. The summed E-state index contributed by atoms with van der Waals surface area (Å²) < 4.78 is 18.5. The Labute approximate surface area is 246 Å². The monoisotopic (exact) mass is 566 g/mol. The van der Waals surface area contributed by atoms with Gasteiger partial charge in [-0.05, 0) is 48.6 Å². The van der Waals surface area contributed by atoms with Crippen LogP contribution in [0.4, 0.5) is 5.69 Å². The summed E-state index contributed by atoms with van der Waals surface area (Å²) in [4.78, 5) is 13.3. The molecular weight excluding hydrogens is 516 g/mol. The summed E-state index contributed by atoms with van der Waals surface area (Å²) in [5, 5.41) is 11.4. The van der Waals surface area contributed by atoms with Crippen molar-refractivity contribution in [3.63, 3.8) is 0 Å². The molecule has 2 aromatic carbocycles. The first-order valence-corrected chi connectivity index (χ1v) is 14.9. The summed E-state index contributed by atoms with van der Waals surface area (Å²) in [5.74, 6) is 1.65. The zero-order chi connectivity index (χ0) is 30.4. The highest BCUT2D eigenvalue weighted by Gasteiger charge is 2.22. The second-order valence-electron chi connectivity index (χ2n) is 10.9. The molecule has 41 heavy (non-hydrogen) atoms. The highest BCUT2D eigenvalue weighted by atomic mass is 16.5. The number of hydrogen-bond acceptors (Lipinski definition) is 6. The predicted octanol–water partition coefficient (Wildman–Crippen LogP) is 8.30. The van der Waals surface area contributed by atoms with E-state index in [1.165, 1.54) is 38.5 Å². The van der Waals surface area contributed by atoms with Crippen LogP contribution in [0.15, 0.2) is 36.4 Å². The largest absolute Gasteiger partial charge is 0.497 e. The van der Waals surface area contributed by atoms with Crippen molar-refractivity contribution in [3.05, 3.63) is 53.3 Å². The summed E-state index contributed by atoms with van der Waals surface area (Å²) >= 11 is 0. The number of unbranched alkanes of at least 4 members (excludes halogenated alkanes) is 6. The van der Waals surface area contributed by atoms with Gasteiger partial charge in [-0.15, -0.1) is 5.10 Å². The van der Waals surface area contributed by atoms with Crippen molar-refractivity contribution >= 4 is 11.6 Å². The van der Waals surface area contributed by atoms with E-state index < -0.39 is 0 Å². The molecule has 1 N–H and O–H groups in total. The number of methoxy groups -OCH3 is 2. The maximum absolute atomic E-state index is 13.3. The highest BCUT2D eigenvalue weighted by Crippen LogP contribution is 2.31. The number of aromatic nitrogens is 3. The van der Waals surface area contributed by atoms with Crippen molar-refractivity contribution in [2.75, 3.05) is 26.1 Å². The van der Waals surface area contributed by atoms with E-state index in [9.17, 15) is 4.79 Å². The van der Waals surface area contributed by atoms with Crippen LogP contribution in [-0.4, -0.2) is 41.7 Å². The Morgan fingerprint density at radius 1 is 0.902 bits per heavy atom. The SMILES string of the molecule is CC.CCCCCCCCCOc1cc(NC(=O)c2nnn(-c3cc(OC)ccc3OC)c2C)cc(C(C)(C)C)c1. The van der Waals surface area contributed by atoms with E-state index in [-0.39, 0.29) is 17.0 Å². The van der Waals surface area contributed by atoms with Gasteiger partial charge in [0.2, 0.25) is 0 Å². The Bertz CT molecular complexity index is 1230. The van der Waals surface area contributed by atoms with Gasteiger partial charge in [0.05, 0.1) is 26.5 Å². The Hall–Kier alpha value is -3.55. The van der Waals surface area contributed by atoms with Gasteiger partial charge >= 0.3 is 0 Å². The van der Waals surface area contributed by atoms with Crippen LogP contribution in [-0.2, 0) is 5.41 Å². The molecule has 1 aromatic heterocycles. The lowest BCUT2D eigenvalue weighted by Crippen LogP contribution is -2.16. The van der Waals surface area contributed by atoms with Crippen LogP contribution in [0.3, 0.4) is 0 Å². The topological polar surface area (TPSA) is 87.5 Å². The molecule has 0 aliphatic carbocycles. The molecule has 0 spiro atoms. The van der Waals surface area contributed by atoms with Crippen LogP contribution in [0, 0.1) is 6.92 Å². The van der Waals surface area contributed by atoms with Crippen LogP contribution in [0.1, 0.15) is 108 Å². The fourth-order valence-electron chi connectivity index (χ4n) is 4.36. The normalized spacial score (nSPS) is 11.0. The maximum atomic E-state index is 13.3. The Kier molecular flexibility index (Phi) is 13.7. The van der Waals surface area contributed by atoms with Gasteiger partial charge in [-0.2, -0.15) is 0 Å². The number of benzene rings is 2. The van der Waals surface area contributed by atoms with E-state index in [0.29, 0.717) is 35.2 Å². The zero-order valence-electron chi connectivity index (χ0n) is 26.6. The highest BCUT2D eigenvalue weighted by molar-refractivity contribution is 6.03. The fourth-order valence-corrected chi connectivity index (χ4v) is 4.36. The van der Waals surface area contributed by atoms with E-state index in [1.54, 1.807) is 44.0 Å². The van der Waals surface area contributed by atoms with E-state index in [2.05, 4.69) is 49.4 Å². The molecule has 226 valence electrons. The van der Waals surface area contributed by atoms with E-state index >= 15 is 0 Å². The summed E-state index contributed by atoms with van der Waals surface area (Å²) in [7, 11) is 3.18. The number of ether oxygens (including phenoxy) is 3. The van der Waals surface area contributed by atoms with Crippen molar-refractivity contribution in [1.29, 1.82) is 0 Å². The fraction of sp³-hybridized carbons (Fsp3) is 0.545. The number of anilines is 1. The van der Waals surface area contributed by atoms with Crippen molar-refractivity contribution in [1.82, 2.24) is 15.0 Å².